The molecule has 0 spiro atoms. The zero-order valence-electron chi connectivity index (χ0n) is 7.72. The van der Waals surface area contributed by atoms with Crippen LogP contribution >= 0.6 is 22.9 Å². The van der Waals surface area contributed by atoms with E-state index in [0.717, 1.165) is 35.4 Å². The maximum absolute atomic E-state index is 5.56. The van der Waals surface area contributed by atoms with Crippen molar-refractivity contribution in [2.75, 3.05) is 17.7 Å². The third-order valence-corrected chi connectivity index (χ3v) is 2.68. The SMILES string of the molecule is Cc1nnc(NCCCCCCl)s1. The van der Waals surface area contributed by atoms with Gasteiger partial charge in [0.2, 0.25) is 5.13 Å². The van der Waals surface area contributed by atoms with Gasteiger partial charge in [-0.25, -0.2) is 0 Å². The zero-order valence-corrected chi connectivity index (χ0v) is 9.29. The minimum absolute atomic E-state index is 0.762. The number of rotatable bonds is 6. The Morgan fingerprint density at radius 2 is 2.15 bits per heavy atom. The highest BCUT2D eigenvalue weighted by Gasteiger charge is 1.97. The molecule has 0 saturated carbocycles. The molecule has 0 amide bonds. The number of alkyl halides is 1. The lowest BCUT2D eigenvalue weighted by Crippen LogP contribution is -2.00. The van der Waals surface area contributed by atoms with E-state index < -0.39 is 0 Å². The van der Waals surface area contributed by atoms with Crippen LogP contribution in [-0.2, 0) is 0 Å². The van der Waals surface area contributed by atoms with E-state index in [4.69, 9.17) is 11.6 Å². The molecule has 0 aliphatic rings. The van der Waals surface area contributed by atoms with Crippen LogP contribution in [0.1, 0.15) is 24.3 Å². The lowest BCUT2D eigenvalue weighted by Gasteiger charge is -1.99. The van der Waals surface area contributed by atoms with E-state index in [0.29, 0.717) is 0 Å². The number of aromatic nitrogens is 2. The van der Waals surface area contributed by atoms with Crippen molar-refractivity contribution < 1.29 is 0 Å². The summed E-state index contributed by atoms with van der Waals surface area (Å²) in [6.45, 7) is 2.92. The molecule has 0 aliphatic heterocycles. The number of nitrogens with zero attached hydrogens (tertiary/aromatic N) is 2. The van der Waals surface area contributed by atoms with Crippen molar-refractivity contribution in [1.82, 2.24) is 10.2 Å². The van der Waals surface area contributed by atoms with Gasteiger partial charge in [0, 0.05) is 12.4 Å². The van der Waals surface area contributed by atoms with E-state index in [9.17, 15) is 0 Å². The smallest absolute Gasteiger partial charge is 0.205 e. The van der Waals surface area contributed by atoms with Crippen LogP contribution in [0.25, 0.3) is 0 Å². The average Bonchev–Trinajstić information content (AvgIpc) is 2.51. The average molecular weight is 220 g/mol. The minimum Gasteiger partial charge on any atom is -0.360 e. The second-order valence-corrected chi connectivity index (χ2v) is 4.36. The summed E-state index contributed by atoms with van der Waals surface area (Å²) in [5, 5.41) is 13.0. The Kier molecular flexibility index (Phi) is 5.08. The van der Waals surface area contributed by atoms with Crippen LogP contribution in [-0.4, -0.2) is 22.6 Å². The van der Waals surface area contributed by atoms with Gasteiger partial charge in [-0.15, -0.1) is 21.8 Å². The van der Waals surface area contributed by atoms with Crippen LogP contribution in [0.15, 0.2) is 0 Å². The van der Waals surface area contributed by atoms with Gasteiger partial charge < -0.3 is 5.32 Å². The first-order valence-corrected chi connectivity index (χ1v) is 5.78. The fraction of sp³-hybridized carbons (Fsp3) is 0.750. The Labute approximate surface area is 87.5 Å². The summed E-state index contributed by atoms with van der Waals surface area (Å²) < 4.78 is 0. The molecule has 1 N–H and O–H groups in total. The van der Waals surface area contributed by atoms with Crippen molar-refractivity contribution in [3.63, 3.8) is 0 Å². The second-order valence-electron chi connectivity index (χ2n) is 2.80. The zero-order chi connectivity index (χ0) is 9.52. The van der Waals surface area contributed by atoms with E-state index in [1.54, 1.807) is 11.3 Å². The normalized spacial score (nSPS) is 10.3. The van der Waals surface area contributed by atoms with Crippen LogP contribution in [0.2, 0.25) is 0 Å². The molecule has 3 nitrogen and oxygen atoms in total. The number of hydrogen-bond acceptors (Lipinski definition) is 4. The summed E-state index contributed by atoms with van der Waals surface area (Å²) in [6.07, 6.45) is 3.41. The largest absolute Gasteiger partial charge is 0.360 e. The lowest BCUT2D eigenvalue weighted by atomic mass is 10.2. The molecule has 1 rings (SSSR count). The molecule has 1 heterocycles. The van der Waals surface area contributed by atoms with Crippen molar-refractivity contribution >= 4 is 28.1 Å². The predicted octanol–water partition coefficient (Wildman–Crippen LogP) is 2.67. The van der Waals surface area contributed by atoms with Crippen molar-refractivity contribution in [2.24, 2.45) is 0 Å². The number of halogens is 1. The maximum Gasteiger partial charge on any atom is 0.205 e. The van der Waals surface area contributed by atoms with E-state index in [-0.39, 0.29) is 0 Å². The quantitative estimate of drug-likeness (QED) is 0.591. The van der Waals surface area contributed by atoms with E-state index in [1.807, 2.05) is 6.92 Å². The fourth-order valence-electron chi connectivity index (χ4n) is 0.960. The number of nitrogens with one attached hydrogen (secondary N) is 1. The molecule has 1 aromatic rings. The summed E-state index contributed by atoms with van der Waals surface area (Å²) in [7, 11) is 0. The van der Waals surface area contributed by atoms with Gasteiger partial charge in [-0.2, -0.15) is 0 Å². The first-order valence-electron chi connectivity index (χ1n) is 4.43. The first kappa shape index (κ1) is 10.7. The maximum atomic E-state index is 5.56. The number of unbranched alkanes of at least 4 members (excludes halogenated alkanes) is 2. The molecule has 0 unspecified atom stereocenters. The highest BCUT2D eigenvalue weighted by Crippen LogP contribution is 2.13. The molecule has 0 aromatic carbocycles. The van der Waals surface area contributed by atoms with E-state index in [1.165, 1.54) is 6.42 Å². The topological polar surface area (TPSA) is 37.8 Å². The highest BCUT2D eigenvalue weighted by atomic mass is 35.5. The summed E-state index contributed by atoms with van der Waals surface area (Å²) in [6, 6.07) is 0. The van der Waals surface area contributed by atoms with Crippen LogP contribution in [0.4, 0.5) is 5.13 Å². The van der Waals surface area contributed by atoms with Crippen molar-refractivity contribution in [2.45, 2.75) is 26.2 Å². The summed E-state index contributed by atoms with van der Waals surface area (Å²) in [4.78, 5) is 0. The molecule has 5 heteroatoms. The molecule has 13 heavy (non-hydrogen) atoms. The van der Waals surface area contributed by atoms with Crippen molar-refractivity contribution in [3.8, 4) is 0 Å². The van der Waals surface area contributed by atoms with Crippen LogP contribution < -0.4 is 5.32 Å². The second kappa shape index (κ2) is 6.16. The number of anilines is 1. The summed E-state index contributed by atoms with van der Waals surface area (Å²) >= 11 is 7.15. The minimum atomic E-state index is 0.762. The Morgan fingerprint density at radius 3 is 2.77 bits per heavy atom. The molecular weight excluding hydrogens is 206 g/mol. The lowest BCUT2D eigenvalue weighted by molar-refractivity contribution is 0.746. The van der Waals surface area contributed by atoms with E-state index >= 15 is 0 Å². The Bertz CT molecular complexity index is 239. The van der Waals surface area contributed by atoms with Gasteiger partial charge in [0.15, 0.2) is 0 Å². The van der Waals surface area contributed by atoms with Crippen LogP contribution in [0.3, 0.4) is 0 Å². The Morgan fingerprint density at radius 1 is 1.31 bits per heavy atom. The molecule has 0 bridgehead atoms. The van der Waals surface area contributed by atoms with Gasteiger partial charge in [0.1, 0.15) is 5.01 Å². The van der Waals surface area contributed by atoms with Crippen LogP contribution in [0, 0.1) is 6.92 Å². The first-order chi connectivity index (χ1) is 6.33. The summed E-state index contributed by atoms with van der Waals surface area (Å²) in [5.74, 6) is 0.762. The van der Waals surface area contributed by atoms with Gasteiger partial charge in [0.25, 0.3) is 0 Å². The number of aryl methyl sites for hydroxylation is 1. The van der Waals surface area contributed by atoms with E-state index in [2.05, 4.69) is 15.5 Å². The van der Waals surface area contributed by atoms with Gasteiger partial charge in [-0.3, -0.25) is 0 Å². The van der Waals surface area contributed by atoms with Gasteiger partial charge in [-0.1, -0.05) is 17.8 Å². The third-order valence-electron chi connectivity index (χ3n) is 1.61. The summed E-state index contributed by atoms with van der Waals surface area (Å²) in [5.41, 5.74) is 0. The molecular formula is C8H14ClN3S. The van der Waals surface area contributed by atoms with Gasteiger partial charge >= 0.3 is 0 Å². The molecule has 0 radical (unpaired) electrons. The van der Waals surface area contributed by atoms with Crippen molar-refractivity contribution in [3.05, 3.63) is 5.01 Å². The Hall–Kier alpha value is -0.350. The molecule has 0 aliphatic carbocycles. The molecule has 74 valence electrons. The van der Waals surface area contributed by atoms with Crippen LogP contribution in [0.5, 0.6) is 0 Å². The van der Waals surface area contributed by atoms with Gasteiger partial charge in [0.05, 0.1) is 0 Å². The molecule has 0 fully saturated rings. The third kappa shape index (κ3) is 4.43. The number of hydrogen-bond donors (Lipinski definition) is 1. The highest BCUT2D eigenvalue weighted by molar-refractivity contribution is 7.15. The molecule has 0 saturated heterocycles. The predicted molar refractivity (Wildman–Crippen MR) is 57.7 cm³/mol. The molecule has 1 aromatic heterocycles. The monoisotopic (exact) mass is 219 g/mol. The standard InChI is InChI=1S/C8H14ClN3S/c1-7-11-12-8(13-7)10-6-4-2-3-5-9/h2-6H2,1H3,(H,10,12). The Balaban J connectivity index is 2.06. The van der Waals surface area contributed by atoms with Crippen molar-refractivity contribution in [1.29, 1.82) is 0 Å². The molecule has 0 atom stereocenters. The fourth-order valence-corrected chi connectivity index (χ4v) is 1.77. The van der Waals surface area contributed by atoms with Gasteiger partial charge in [-0.05, 0) is 19.8 Å².